The first-order valence-corrected chi connectivity index (χ1v) is 7.23. The SMILES string of the molecule is COCc1nc(C2CCCC(C)C2)sc1CN. The standard InChI is InChI=1S/C13H22N2OS/c1-9-4-3-5-10(6-9)13-15-11(8-16-2)12(7-14)17-13/h9-10H,3-8,14H2,1-2H3. The van der Waals surface area contributed by atoms with Crippen molar-refractivity contribution in [2.24, 2.45) is 11.7 Å². The molecule has 1 fully saturated rings. The molecule has 0 radical (unpaired) electrons. The van der Waals surface area contributed by atoms with Gasteiger partial charge in [0, 0.05) is 24.4 Å². The van der Waals surface area contributed by atoms with E-state index in [4.69, 9.17) is 15.5 Å². The fourth-order valence-corrected chi connectivity index (χ4v) is 3.74. The van der Waals surface area contributed by atoms with Gasteiger partial charge in [-0.25, -0.2) is 4.98 Å². The van der Waals surface area contributed by atoms with Gasteiger partial charge in [-0.15, -0.1) is 11.3 Å². The Balaban J connectivity index is 2.14. The van der Waals surface area contributed by atoms with Crippen LogP contribution < -0.4 is 5.73 Å². The van der Waals surface area contributed by atoms with Crippen LogP contribution in [-0.4, -0.2) is 12.1 Å². The first-order valence-electron chi connectivity index (χ1n) is 6.42. The van der Waals surface area contributed by atoms with E-state index in [-0.39, 0.29) is 0 Å². The van der Waals surface area contributed by atoms with Gasteiger partial charge in [0.05, 0.1) is 17.3 Å². The molecule has 4 heteroatoms. The van der Waals surface area contributed by atoms with Crippen LogP contribution in [0.2, 0.25) is 0 Å². The lowest BCUT2D eigenvalue weighted by molar-refractivity contribution is 0.181. The minimum atomic E-state index is 0.582. The second kappa shape index (κ2) is 5.94. The van der Waals surface area contributed by atoms with Gasteiger partial charge in [-0.05, 0) is 18.8 Å². The molecular formula is C13H22N2OS. The number of thiazole rings is 1. The topological polar surface area (TPSA) is 48.1 Å². The molecule has 0 amide bonds. The third kappa shape index (κ3) is 3.06. The number of nitrogens with zero attached hydrogens (tertiary/aromatic N) is 1. The van der Waals surface area contributed by atoms with Gasteiger partial charge in [0.1, 0.15) is 0 Å². The molecule has 2 N–H and O–H groups in total. The average Bonchev–Trinajstić information content (AvgIpc) is 2.73. The number of hydrogen-bond donors (Lipinski definition) is 1. The smallest absolute Gasteiger partial charge is 0.0963 e. The molecule has 1 aromatic rings. The van der Waals surface area contributed by atoms with Gasteiger partial charge in [0.2, 0.25) is 0 Å². The van der Waals surface area contributed by atoms with Crippen molar-refractivity contribution < 1.29 is 4.74 Å². The van der Waals surface area contributed by atoms with Gasteiger partial charge in [0.15, 0.2) is 0 Å². The zero-order valence-electron chi connectivity index (χ0n) is 10.7. The summed E-state index contributed by atoms with van der Waals surface area (Å²) in [5.74, 6) is 1.49. The molecule has 0 aliphatic heterocycles. The van der Waals surface area contributed by atoms with E-state index in [1.807, 2.05) is 0 Å². The summed E-state index contributed by atoms with van der Waals surface area (Å²) < 4.78 is 5.18. The zero-order valence-corrected chi connectivity index (χ0v) is 11.6. The highest BCUT2D eigenvalue weighted by Gasteiger charge is 2.24. The van der Waals surface area contributed by atoms with Gasteiger partial charge >= 0.3 is 0 Å². The van der Waals surface area contributed by atoms with E-state index in [1.54, 1.807) is 18.4 Å². The van der Waals surface area contributed by atoms with E-state index in [2.05, 4.69) is 6.92 Å². The molecule has 2 unspecified atom stereocenters. The van der Waals surface area contributed by atoms with Crippen LogP contribution in [0.15, 0.2) is 0 Å². The number of aromatic nitrogens is 1. The maximum absolute atomic E-state index is 5.77. The summed E-state index contributed by atoms with van der Waals surface area (Å²) in [6.45, 7) is 3.52. The predicted octanol–water partition coefficient (Wildman–Crippen LogP) is 3.04. The summed E-state index contributed by atoms with van der Waals surface area (Å²) in [7, 11) is 1.71. The lowest BCUT2D eigenvalue weighted by Gasteiger charge is -2.24. The fourth-order valence-electron chi connectivity index (χ4n) is 2.65. The van der Waals surface area contributed by atoms with E-state index in [9.17, 15) is 0 Å². The van der Waals surface area contributed by atoms with Crippen molar-refractivity contribution in [3.8, 4) is 0 Å². The monoisotopic (exact) mass is 254 g/mol. The van der Waals surface area contributed by atoms with E-state index in [1.165, 1.54) is 35.6 Å². The van der Waals surface area contributed by atoms with Crippen molar-refractivity contribution in [1.29, 1.82) is 0 Å². The molecule has 1 aromatic heterocycles. The summed E-state index contributed by atoms with van der Waals surface area (Å²) >= 11 is 1.79. The Kier molecular flexibility index (Phi) is 4.54. The first-order chi connectivity index (χ1) is 8.24. The first kappa shape index (κ1) is 13.0. The summed E-state index contributed by atoms with van der Waals surface area (Å²) in [4.78, 5) is 5.94. The average molecular weight is 254 g/mol. The van der Waals surface area contributed by atoms with E-state index < -0.39 is 0 Å². The molecule has 0 aromatic carbocycles. The largest absolute Gasteiger partial charge is 0.378 e. The Hall–Kier alpha value is -0.450. The zero-order chi connectivity index (χ0) is 12.3. The number of methoxy groups -OCH3 is 1. The molecule has 2 rings (SSSR count). The van der Waals surface area contributed by atoms with Crippen molar-refractivity contribution in [2.45, 2.75) is 51.7 Å². The highest BCUT2D eigenvalue weighted by atomic mass is 32.1. The normalized spacial score (nSPS) is 25.1. The molecule has 3 nitrogen and oxygen atoms in total. The van der Waals surface area contributed by atoms with Crippen molar-refractivity contribution in [1.82, 2.24) is 4.98 Å². The van der Waals surface area contributed by atoms with Crippen molar-refractivity contribution in [2.75, 3.05) is 7.11 Å². The van der Waals surface area contributed by atoms with Crippen LogP contribution in [0.25, 0.3) is 0 Å². The highest BCUT2D eigenvalue weighted by Crippen LogP contribution is 2.38. The van der Waals surface area contributed by atoms with Crippen LogP contribution >= 0.6 is 11.3 Å². The fraction of sp³-hybridized carbons (Fsp3) is 0.769. The molecule has 2 atom stereocenters. The highest BCUT2D eigenvalue weighted by molar-refractivity contribution is 7.11. The summed E-state index contributed by atoms with van der Waals surface area (Å²) in [6.07, 6.45) is 5.28. The Morgan fingerprint density at radius 2 is 2.29 bits per heavy atom. The third-order valence-electron chi connectivity index (χ3n) is 3.55. The van der Waals surface area contributed by atoms with Crippen LogP contribution in [0, 0.1) is 5.92 Å². The second-order valence-electron chi connectivity index (χ2n) is 5.03. The Bertz CT molecular complexity index is 364. The predicted molar refractivity (Wildman–Crippen MR) is 71.1 cm³/mol. The van der Waals surface area contributed by atoms with Crippen LogP contribution in [0.3, 0.4) is 0 Å². The van der Waals surface area contributed by atoms with Crippen LogP contribution in [0.4, 0.5) is 0 Å². The van der Waals surface area contributed by atoms with Crippen LogP contribution in [0.1, 0.15) is 54.1 Å². The molecule has 1 heterocycles. The number of nitrogens with two attached hydrogens (primary N) is 1. The lowest BCUT2D eigenvalue weighted by atomic mass is 9.83. The molecule has 0 spiro atoms. The summed E-state index contributed by atoms with van der Waals surface area (Å²) in [6, 6.07) is 0. The van der Waals surface area contributed by atoms with Crippen molar-refractivity contribution >= 4 is 11.3 Å². The maximum atomic E-state index is 5.77. The lowest BCUT2D eigenvalue weighted by Crippen LogP contribution is -2.11. The quantitative estimate of drug-likeness (QED) is 0.898. The Labute approximate surface area is 107 Å². The minimum Gasteiger partial charge on any atom is -0.378 e. The molecule has 96 valence electrons. The van der Waals surface area contributed by atoms with E-state index in [0.29, 0.717) is 19.1 Å². The minimum absolute atomic E-state index is 0.582. The Morgan fingerprint density at radius 3 is 2.94 bits per heavy atom. The van der Waals surface area contributed by atoms with Crippen LogP contribution in [-0.2, 0) is 17.9 Å². The molecule has 0 bridgehead atoms. The van der Waals surface area contributed by atoms with Gasteiger partial charge in [-0.2, -0.15) is 0 Å². The van der Waals surface area contributed by atoms with Gasteiger partial charge in [-0.3, -0.25) is 0 Å². The van der Waals surface area contributed by atoms with E-state index >= 15 is 0 Å². The van der Waals surface area contributed by atoms with Gasteiger partial charge in [-0.1, -0.05) is 19.8 Å². The molecular weight excluding hydrogens is 232 g/mol. The maximum Gasteiger partial charge on any atom is 0.0963 e. The summed E-state index contributed by atoms with van der Waals surface area (Å²) in [5.41, 5.74) is 6.82. The van der Waals surface area contributed by atoms with Gasteiger partial charge < -0.3 is 10.5 Å². The third-order valence-corrected chi connectivity index (χ3v) is 4.83. The molecule has 1 saturated carbocycles. The molecule has 1 aliphatic rings. The number of hydrogen-bond acceptors (Lipinski definition) is 4. The number of rotatable bonds is 4. The second-order valence-corrected chi connectivity index (χ2v) is 6.14. The summed E-state index contributed by atoms with van der Waals surface area (Å²) in [5, 5.41) is 1.28. The Morgan fingerprint density at radius 1 is 1.47 bits per heavy atom. The van der Waals surface area contributed by atoms with Crippen LogP contribution in [0.5, 0.6) is 0 Å². The van der Waals surface area contributed by atoms with Crippen molar-refractivity contribution in [3.63, 3.8) is 0 Å². The molecule has 0 saturated heterocycles. The molecule has 17 heavy (non-hydrogen) atoms. The number of ether oxygens (including phenoxy) is 1. The van der Waals surface area contributed by atoms with Gasteiger partial charge in [0.25, 0.3) is 0 Å². The molecule has 1 aliphatic carbocycles. The van der Waals surface area contributed by atoms with Crippen molar-refractivity contribution in [3.05, 3.63) is 15.6 Å². The van der Waals surface area contributed by atoms with E-state index in [0.717, 1.165) is 11.6 Å².